The molecule has 37 heavy (non-hydrogen) atoms. The van der Waals surface area contributed by atoms with Crippen LogP contribution in [0.3, 0.4) is 0 Å². The Morgan fingerprint density at radius 2 is 1.68 bits per heavy atom. The Morgan fingerprint density at radius 1 is 1.00 bits per heavy atom. The van der Waals surface area contributed by atoms with Crippen LogP contribution in [0.25, 0.3) is 0 Å². The number of carbonyl (C=O) groups is 4. The van der Waals surface area contributed by atoms with Crippen LogP contribution in [0.5, 0.6) is 0 Å². The number of rotatable bonds is 9. The monoisotopic (exact) mass is 502 g/mol. The number of amides is 5. The highest BCUT2D eigenvalue weighted by Gasteiger charge is 2.37. The van der Waals surface area contributed by atoms with Crippen molar-refractivity contribution in [2.24, 2.45) is 0 Å². The van der Waals surface area contributed by atoms with Gasteiger partial charge in [0.1, 0.15) is 17.8 Å². The van der Waals surface area contributed by atoms with E-state index in [1.54, 1.807) is 24.3 Å². The van der Waals surface area contributed by atoms with E-state index in [4.69, 9.17) is 4.42 Å². The summed E-state index contributed by atoms with van der Waals surface area (Å²) in [7, 11) is 0. The molecule has 4 rings (SSSR count). The van der Waals surface area contributed by atoms with E-state index < -0.39 is 35.8 Å². The van der Waals surface area contributed by atoms with Crippen LogP contribution in [0.4, 0.5) is 10.5 Å². The number of furan rings is 1. The molecular weight excluding hydrogens is 472 g/mol. The van der Waals surface area contributed by atoms with Crippen molar-refractivity contribution in [1.82, 2.24) is 15.5 Å². The zero-order chi connectivity index (χ0) is 26.5. The van der Waals surface area contributed by atoms with Gasteiger partial charge in [0, 0.05) is 5.69 Å². The van der Waals surface area contributed by atoms with Gasteiger partial charge in [-0.3, -0.25) is 19.7 Å². The second-order valence-corrected chi connectivity index (χ2v) is 9.40. The lowest BCUT2D eigenvalue weighted by Crippen LogP contribution is -2.44. The highest BCUT2D eigenvalue weighted by Crippen LogP contribution is 2.28. The van der Waals surface area contributed by atoms with Crippen molar-refractivity contribution in [1.29, 1.82) is 0 Å². The van der Waals surface area contributed by atoms with Crippen LogP contribution in [-0.4, -0.2) is 34.7 Å². The van der Waals surface area contributed by atoms with E-state index in [2.05, 4.69) is 29.8 Å². The van der Waals surface area contributed by atoms with Gasteiger partial charge in [0.2, 0.25) is 5.91 Å². The first-order chi connectivity index (χ1) is 17.7. The third-order valence-corrected chi connectivity index (χ3v) is 6.26. The molecule has 1 fully saturated rings. The molecule has 2 aromatic carbocycles. The Balaban J connectivity index is 1.67. The molecule has 0 unspecified atom stereocenters. The van der Waals surface area contributed by atoms with Crippen molar-refractivity contribution in [3.05, 3.63) is 89.4 Å². The molecule has 1 saturated heterocycles. The highest BCUT2D eigenvalue weighted by molar-refractivity contribution is 6.06. The molecule has 3 N–H and O–H groups in total. The molecule has 9 heteroatoms. The van der Waals surface area contributed by atoms with Crippen molar-refractivity contribution >= 4 is 29.4 Å². The molecule has 5 amide bonds. The Bertz CT molecular complexity index is 1270. The maximum absolute atomic E-state index is 13.8. The van der Waals surface area contributed by atoms with Gasteiger partial charge in [-0.05, 0) is 48.2 Å². The average molecular weight is 503 g/mol. The fourth-order valence-corrected chi connectivity index (χ4v) is 4.17. The molecule has 0 bridgehead atoms. The van der Waals surface area contributed by atoms with E-state index in [1.807, 2.05) is 43.3 Å². The van der Waals surface area contributed by atoms with E-state index in [1.165, 1.54) is 11.2 Å². The Labute approximate surface area is 215 Å². The maximum Gasteiger partial charge on any atom is 0.322 e. The Hall–Kier alpha value is -4.40. The second-order valence-electron chi connectivity index (χ2n) is 9.40. The van der Waals surface area contributed by atoms with Crippen LogP contribution < -0.4 is 16.0 Å². The molecule has 0 radical (unpaired) electrons. The first kappa shape index (κ1) is 25.7. The molecule has 1 aliphatic heterocycles. The fraction of sp³-hybridized carbons (Fsp3) is 0.286. The summed E-state index contributed by atoms with van der Waals surface area (Å²) in [5.41, 5.74) is 3.34. The van der Waals surface area contributed by atoms with Gasteiger partial charge in [-0.1, -0.05) is 55.8 Å². The van der Waals surface area contributed by atoms with Crippen LogP contribution >= 0.6 is 0 Å². The number of nitrogens with zero attached hydrogens (tertiary/aromatic N) is 1. The van der Waals surface area contributed by atoms with Gasteiger partial charge >= 0.3 is 6.03 Å². The van der Waals surface area contributed by atoms with Crippen LogP contribution in [-0.2, 0) is 20.9 Å². The summed E-state index contributed by atoms with van der Waals surface area (Å²) in [6, 6.07) is 15.6. The van der Waals surface area contributed by atoms with Crippen LogP contribution in [0, 0.1) is 6.92 Å². The summed E-state index contributed by atoms with van der Waals surface area (Å²) in [6.45, 7) is 6.10. The number of aryl methyl sites for hydroxylation is 1. The molecule has 0 saturated carbocycles. The molecule has 2 atom stereocenters. The molecular formula is C28H30N4O5. The molecule has 3 aromatic rings. The maximum atomic E-state index is 13.8. The molecule has 192 valence electrons. The Kier molecular flexibility index (Phi) is 7.71. The molecule has 0 aliphatic carbocycles. The average Bonchev–Trinajstić information content (AvgIpc) is 3.48. The summed E-state index contributed by atoms with van der Waals surface area (Å²) in [5.74, 6) is -0.673. The quantitative estimate of drug-likeness (QED) is 0.382. The van der Waals surface area contributed by atoms with E-state index in [9.17, 15) is 19.2 Å². The number of imide groups is 1. The van der Waals surface area contributed by atoms with Gasteiger partial charge in [0.15, 0.2) is 0 Å². The summed E-state index contributed by atoms with van der Waals surface area (Å²) in [4.78, 5) is 52.5. The molecule has 0 spiro atoms. The number of hydrogen-bond acceptors (Lipinski definition) is 5. The van der Waals surface area contributed by atoms with E-state index in [0.717, 1.165) is 11.1 Å². The van der Waals surface area contributed by atoms with Crippen LogP contribution in [0.2, 0.25) is 0 Å². The van der Waals surface area contributed by atoms with E-state index in [-0.39, 0.29) is 13.0 Å². The summed E-state index contributed by atoms with van der Waals surface area (Å²) >= 11 is 0. The normalized spacial score (nSPS) is 15.7. The minimum atomic E-state index is -1.02. The number of hydrogen-bond donors (Lipinski definition) is 3. The number of nitrogens with one attached hydrogen (secondary N) is 3. The first-order valence-electron chi connectivity index (χ1n) is 12.1. The predicted octanol–water partition coefficient (Wildman–Crippen LogP) is 4.02. The Morgan fingerprint density at radius 3 is 2.24 bits per heavy atom. The lowest BCUT2D eigenvalue weighted by Gasteiger charge is -2.31. The standard InChI is InChI=1S/C28H30N4O5/c1-17(2)19-10-12-21(13-11-19)29-27(35)25(20-8-6-18(3)7-9-20)32(16-22-5-4-14-37-22)24(33)15-23-26(34)31-28(36)30-23/h4-14,17,23,25H,15-16H2,1-3H3,(H,29,35)(H2,30,31,34,36)/t23-,25+/m1/s1. The topological polar surface area (TPSA) is 121 Å². The largest absolute Gasteiger partial charge is 0.467 e. The SMILES string of the molecule is Cc1ccc([C@@H](C(=O)Nc2ccc(C(C)C)cc2)N(Cc2ccco2)C(=O)C[C@H]2NC(=O)NC2=O)cc1. The van der Waals surface area contributed by atoms with Gasteiger partial charge < -0.3 is 20.0 Å². The minimum Gasteiger partial charge on any atom is -0.467 e. The van der Waals surface area contributed by atoms with E-state index >= 15 is 0 Å². The summed E-state index contributed by atoms with van der Waals surface area (Å²) in [6.07, 6.45) is 1.18. The third-order valence-electron chi connectivity index (χ3n) is 6.26. The van der Waals surface area contributed by atoms with Crippen LogP contribution in [0.15, 0.2) is 71.3 Å². The van der Waals surface area contributed by atoms with Crippen molar-refractivity contribution in [2.75, 3.05) is 5.32 Å². The lowest BCUT2D eigenvalue weighted by molar-refractivity contribution is -0.141. The third kappa shape index (κ3) is 6.24. The van der Waals surface area contributed by atoms with Crippen molar-refractivity contribution in [2.45, 2.75) is 51.7 Å². The highest BCUT2D eigenvalue weighted by atomic mass is 16.3. The van der Waals surface area contributed by atoms with Crippen molar-refractivity contribution in [3.63, 3.8) is 0 Å². The minimum absolute atomic E-state index is 0.00757. The molecule has 1 aromatic heterocycles. The number of anilines is 1. The smallest absolute Gasteiger partial charge is 0.322 e. The molecule has 2 heterocycles. The number of benzene rings is 2. The van der Waals surface area contributed by atoms with E-state index in [0.29, 0.717) is 22.9 Å². The second kappa shape index (κ2) is 11.1. The zero-order valence-corrected chi connectivity index (χ0v) is 21.0. The van der Waals surface area contributed by atoms with Gasteiger partial charge in [-0.2, -0.15) is 0 Å². The lowest BCUT2D eigenvalue weighted by atomic mass is 10.0. The van der Waals surface area contributed by atoms with Gasteiger partial charge in [-0.25, -0.2) is 4.79 Å². The van der Waals surface area contributed by atoms with Gasteiger partial charge in [0.05, 0.1) is 19.2 Å². The molecule has 9 nitrogen and oxygen atoms in total. The first-order valence-corrected chi connectivity index (χ1v) is 12.1. The number of carbonyl (C=O) groups excluding carboxylic acids is 4. The van der Waals surface area contributed by atoms with Crippen molar-refractivity contribution in [3.8, 4) is 0 Å². The predicted molar refractivity (Wildman–Crippen MR) is 137 cm³/mol. The van der Waals surface area contributed by atoms with Gasteiger partial charge in [-0.15, -0.1) is 0 Å². The number of urea groups is 1. The summed E-state index contributed by atoms with van der Waals surface area (Å²) in [5, 5.41) is 7.51. The van der Waals surface area contributed by atoms with Gasteiger partial charge in [0.25, 0.3) is 11.8 Å². The van der Waals surface area contributed by atoms with Crippen molar-refractivity contribution < 1.29 is 23.6 Å². The van der Waals surface area contributed by atoms with Crippen LogP contribution in [0.1, 0.15) is 54.7 Å². The summed E-state index contributed by atoms with van der Waals surface area (Å²) < 4.78 is 5.49. The molecule has 1 aliphatic rings. The zero-order valence-electron chi connectivity index (χ0n) is 21.0. The fourth-order valence-electron chi connectivity index (χ4n) is 4.17.